The highest BCUT2D eigenvalue weighted by atomic mass is 127. The lowest BCUT2D eigenvalue weighted by Crippen LogP contribution is -2.56. The number of hydrogen-bond donors (Lipinski definition) is 1. The third-order valence-corrected chi connectivity index (χ3v) is 5.47. The molecule has 1 saturated heterocycles. The molecule has 1 heterocycles. The van der Waals surface area contributed by atoms with Crippen molar-refractivity contribution in [2.75, 3.05) is 19.6 Å². The highest BCUT2D eigenvalue weighted by Gasteiger charge is 2.33. The predicted octanol–water partition coefficient (Wildman–Crippen LogP) is 3.92. The first-order valence-corrected chi connectivity index (χ1v) is 9.25. The topological polar surface area (TPSA) is 32.3 Å². The van der Waals surface area contributed by atoms with Crippen LogP contribution in [0, 0.1) is 21.2 Å². The normalized spacial score (nSPS) is 22.9. The molecule has 1 aromatic carbocycles. The lowest BCUT2D eigenvalue weighted by molar-refractivity contribution is 0.0445. The van der Waals surface area contributed by atoms with Gasteiger partial charge >= 0.3 is 0 Å². The van der Waals surface area contributed by atoms with Gasteiger partial charge in [0.1, 0.15) is 5.82 Å². The molecule has 1 aliphatic heterocycles. The number of amides is 1. The van der Waals surface area contributed by atoms with Gasteiger partial charge in [0.05, 0.1) is 5.56 Å². The molecular formula is C18H26FIN2O. The zero-order valence-corrected chi connectivity index (χ0v) is 16.5. The van der Waals surface area contributed by atoms with E-state index in [4.69, 9.17) is 0 Å². The van der Waals surface area contributed by atoms with Crippen molar-refractivity contribution in [3.63, 3.8) is 0 Å². The average molecular weight is 432 g/mol. The van der Waals surface area contributed by atoms with Crippen LogP contribution in [-0.4, -0.2) is 36.0 Å². The molecule has 2 rings (SSSR count). The molecule has 1 aliphatic rings. The Morgan fingerprint density at radius 1 is 1.35 bits per heavy atom. The van der Waals surface area contributed by atoms with Crippen molar-refractivity contribution in [2.24, 2.45) is 11.8 Å². The molecule has 0 saturated carbocycles. The summed E-state index contributed by atoms with van der Waals surface area (Å²) in [6.45, 7) is 11.7. The summed E-state index contributed by atoms with van der Waals surface area (Å²) in [5.74, 6) is 0.918. The maximum atomic E-state index is 13.2. The number of nitrogens with one attached hydrogen (secondary N) is 1. The monoisotopic (exact) mass is 432 g/mol. The number of carbonyl (C=O) groups is 1. The van der Waals surface area contributed by atoms with Crippen molar-refractivity contribution in [3.8, 4) is 0 Å². The van der Waals surface area contributed by atoms with E-state index in [-0.39, 0.29) is 17.3 Å². The third kappa shape index (κ3) is 4.89. The molecule has 0 bridgehead atoms. The second kappa shape index (κ2) is 7.47. The van der Waals surface area contributed by atoms with E-state index in [2.05, 4.69) is 37.9 Å². The van der Waals surface area contributed by atoms with E-state index in [1.54, 1.807) is 6.07 Å². The molecule has 3 nitrogen and oxygen atoms in total. The van der Waals surface area contributed by atoms with E-state index in [0.29, 0.717) is 27.5 Å². The number of carbonyl (C=O) groups excluding carboxylic acids is 1. The van der Waals surface area contributed by atoms with E-state index in [9.17, 15) is 9.18 Å². The molecule has 2 atom stereocenters. The van der Waals surface area contributed by atoms with E-state index >= 15 is 0 Å². The number of rotatable bonds is 4. The maximum Gasteiger partial charge on any atom is 0.252 e. The van der Waals surface area contributed by atoms with Gasteiger partial charge in [0.25, 0.3) is 5.91 Å². The Kier molecular flexibility index (Phi) is 6.05. The lowest BCUT2D eigenvalue weighted by Gasteiger charge is -2.45. The fourth-order valence-electron chi connectivity index (χ4n) is 3.33. The summed E-state index contributed by atoms with van der Waals surface area (Å²) in [5.41, 5.74) is 0.438. The number of piperidine rings is 1. The second-order valence-corrected chi connectivity index (χ2v) is 8.63. The minimum absolute atomic E-state index is 0.0932. The molecule has 1 amide bonds. The molecule has 128 valence electrons. The molecule has 23 heavy (non-hydrogen) atoms. The fraction of sp³-hybridized carbons (Fsp3) is 0.611. The van der Waals surface area contributed by atoms with Crippen LogP contribution in [0.3, 0.4) is 0 Å². The van der Waals surface area contributed by atoms with Crippen LogP contribution in [0.15, 0.2) is 18.2 Å². The van der Waals surface area contributed by atoms with Crippen LogP contribution in [-0.2, 0) is 0 Å². The first kappa shape index (κ1) is 18.6. The lowest BCUT2D eigenvalue weighted by atomic mass is 9.88. The number of halogens is 2. The summed E-state index contributed by atoms with van der Waals surface area (Å²) in [6.07, 6.45) is 1.27. The van der Waals surface area contributed by atoms with Gasteiger partial charge in [-0.3, -0.25) is 9.69 Å². The smallest absolute Gasteiger partial charge is 0.252 e. The molecule has 0 radical (unpaired) electrons. The molecule has 0 aromatic heterocycles. The maximum absolute atomic E-state index is 13.2. The van der Waals surface area contributed by atoms with Crippen molar-refractivity contribution >= 4 is 28.5 Å². The Balaban J connectivity index is 1.99. The van der Waals surface area contributed by atoms with Gasteiger partial charge in [0.15, 0.2) is 0 Å². The minimum atomic E-state index is -0.317. The number of likely N-dealkylation sites (tertiary alicyclic amines) is 1. The summed E-state index contributed by atoms with van der Waals surface area (Å²) < 4.78 is 13.8. The molecule has 1 fully saturated rings. The van der Waals surface area contributed by atoms with Crippen molar-refractivity contribution < 1.29 is 9.18 Å². The van der Waals surface area contributed by atoms with Gasteiger partial charge in [-0.25, -0.2) is 4.39 Å². The van der Waals surface area contributed by atoms with Gasteiger partial charge < -0.3 is 5.32 Å². The van der Waals surface area contributed by atoms with Crippen LogP contribution in [0.4, 0.5) is 4.39 Å². The Hall–Kier alpha value is -0.690. The largest absolute Gasteiger partial charge is 0.350 e. The zero-order chi connectivity index (χ0) is 17.2. The summed E-state index contributed by atoms with van der Waals surface area (Å²) >= 11 is 2.00. The van der Waals surface area contributed by atoms with Crippen LogP contribution >= 0.6 is 22.6 Å². The third-order valence-electron chi connectivity index (χ3n) is 4.58. The first-order chi connectivity index (χ1) is 10.7. The van der Waals surface area contributed by atoms with Gasteiger partial charge in [-0.1, -0.05) is 13.8 Å². The average Bonchev–Trinajstić information content (AvgIpc) is 2.44. The molecule has 0 aliphatic carbocycles. The van der Waals surface area contributed by atoms with Gasteiger partial charge in [0, 0.05) is 28.7 Å². The van der Waals surface area contributed by atoms with E-state index in [0.717, 1.165) is 13.1 Å². The van der Waals surface area contributed by atoms with Crippen molar-refractivity contribution in [1.82, 2.24) is 10.2 Å². The molecule has 2 unspecified atom stereocenters. The SMILES string of the molecule is CC1CC(C)CN(C(C)(C)CNC(=O)c2ccc(F)cc2I)C1. The van der Waals surface area contributed by atoms with Gasteiger partial charge in [-0.2, -0.15) is 0 Å². The van der Waals surface area contributed by atoms with Crippen molar-refractivity contribution in [1.29, 1.82) is 0 Å². The zero-order valence-electron chi connectivity index (χ0n) is 14.3. The van der Waals surface area contributed by atoms with Crippen LogP contribution in [0.2, 0.25) is 0 Å². The number of benzene rings is 1. The summed E-state index contributed by atoms with van der Waals surface area (Å²) in [4.78, 5) is 14.9. The first-order valence-electron chi connectivity index (χ1n) is 8.17. The van der Waals surface area contributed by atoms with Crippen LogP contribution < -0.4 is 5.32 Å². The van der Waals surface area contributed by atoms with E-state index in [1.165, 1.54) is 18.6 Å². The van der Waals surface area contributed by atoms with E-state index in [1.807, 2.05) is 22.6 Å². The molecule has 1 N–H and O–H groups in total. The van der Waals surface area contributed by atoms with Crippen molar-refractivity contribution in [2.45, 2.75) is 39.7 Å². The van der Waals surface area contributed by atoms with Gasteiger partial charge in [-0.05, 0) is 72.9 Å². The van der Waals surface area contributed by atoms with Gasteiger partial charge in [0.2, 0.25) is 0 Å². The molecule has 5 heteroatoms. The minimum Gasteiger partial charge on any atom is -0.350 e. The van der Waals surface area contributed by atoms with Crippen molar-refractivity contribution in [3.05, 3.63) is 33.1 Å². The Morgan fingerprint density at radius 2 is 1.96 bits per heavy atom. The molecule has 1 aromatic rings. The molecular weight excluding hydrogens is 406 g/mol. The second-order valence-electron chi connectivity index (χ2n) is 7.47. The Labute approximate surface area is 152 Å². The summed E-state index contributed by atoms with van der Waals surface area (Å²) in [6, 6.07) is 4.26. The number of hydrogen-bond acceptors (Lipinski definition) is 2. The highest BCUT2D eigenvalue weighted by molar-refractivity contribution is 14.1. The Morgan fingerprint density at radius 3 is 2.52 bits per heavy atom. The number of nitrogens with zero attached hydrogens (tertiary/aromatic N) is 1. The standard InChI is InChI=1S/C18H26FIN2O/c1-12-7-13(2)10-22(9-12)18(3,4)11-21-17(23)15-6-5-14(19)8-16(15)20/h5-6,8,12-13H,7,9-11H2,1-4H3,(H,21,23). The summed E-state index contributed by atoms with van der Waals surface area (Å²) in [5, 5.41) is 3.02. The van der Waals surface area contributed by atoms with Crippen LogP contribution in [0.5, 0.6) is 0 Å². The predicted molar refractivity (Wildman–Crippen MR) is 100 cm³/mol. The van der Waals surface area contributed by atoms with Gasteiger partial charge in [-0.15, -0.1) is 0 Å². The van der Waals surface area contributed by atoms with Crippen LogP contribution in [0.25, 0.3) is 0 Å². The fourth-order valence-corrected chi connectivity index (χ4v) is 4.06. The molecule has 0 spiro atoms. The quantitative estimate of drug-likeness (QED) is 0.732. The Bertz CT molecular complexity index is 566. The summed E-state index contributed by atoms with van der Waals surface area (Å²) in [7, 11) is 0. The highest BCUT2D eigenvalue weighted by Crippen LogP contribution is 2.27. The van der Waals surface area contributed by atoms with Crippen LogP contribution in [0.1, 0.15) is 44.5 Å². The van der Waals surface area contributed by atoms with E-state index < -0.39 is 0 Å².